The van der Waals surface area contributed by atoms with Crippen molar-refractivity contribution in [3.8, 4) is 0 Å². The summed E-state index contributed by atoms with van der Waals surface area (Å²) in [6, 6.07) is 3.33. The van der Waals surface area contributed by atoms with Crippen molar-refractivity contribution in [3.05, 3.63) is 22.2 Å². The third kappa shape index (κ3) is 3.08. The van der Waals surface area contributed by atoms with Gasteiger partial charge in [0, 0.05) is 6.04 Å². The van der Waals surface area contributed by atoms with E-state index < -0.39 is 24.5 Å². The van der Waals surface area contributed by atoms with Crippen LogP contribution in [-0.2, 0) is 4.74 Å². The van der Waals surface area contributed by atoms with Crippen molar-refractivity contribution in [1.82, 2.24) is 9.55 Å². The molecule has 132 valence electrons. The van der Waals surface area contributed by atoms with E-state index in [1.807, 2.05) is 13.8 Å². The molecule has 9 heteroatoms. The van der Waals surface area contributed by atoms with Crippen LogP contribution in [0.4, 0.5) is 5.95 Å². The summed E-state index contributed by atoms with van der Waals surface area (Å²) < 4.78 is 7.19. The van der Waals surface area contributed by atoms with Gasteiger partial charge in [0.15, 0.2) is 6.23 Å². The SMILES string of the molecule is CC(C)Nc1nc2cc(Cl)c(Cl)cc2n1[C@H]1OC[C@H](O)[C@H](O)[C@H]1O. The van der Waals surface area contributed by atoms with E-state index in [-0.39, 0.29) is 12.6 Å². The largest absolute Gasteiger partial charge is 0.388 e. The molecule has 2 aromatic rings. The monoisotopic (exact) mass is 375 g/mol. The molecule has 0 unspecified atom stereocenters. The van der Waals surface area contributed by atoms with Crippen LogP contribution < -0.4 is 5.32 Å². The van der Waals surface area contributed by atoms with Gasteiger partial charge in [0.25, 0.3) is 0 Å². The molecule has 0 radical (unpaired) electrons. The van der Waals surface area contributed by atoms with Gasteiger partial charge in [-0.05, 0) is 26.0 Å². The standard InChI is InChI=1S/C15H19Cl2N3O4/c1-6(2)18-15-19-9-3-7(16)8(17)4-10(9)20(15)14-13(23)12(22)11(21)5-24-14/h3-4,6,11-14,21-23H,5H2,1-2H3,(H,18,19)/t11-,12-,13+,14-/m0/s1. The summed E-state index contributed by atoms with van der Waals surface area (Å²) in [5.41, 5.74) is 1.17. The Kier molecular flexibility index (Phi) is 4.92. The molecule has 1 aromatic carbocycles. The van der Waals surface area contributed by atoms with Gasteiger partial charge in [0.05, 0.1) is 27.7 Å². The lowest BCUT2D eigenvalue weighted by Crippen LogP contribution is -2.50. The van der Waals surface area contributed by atoms with Crippen LogP contribution >= 0.6 is 23.2 Å². The number of hydrogen-bond acceptors (Lipinski definition) is 6. The molecule has 0 spiro atoms. The van der Waals surface area contributed by atoms with E-state index in [1.54, 1.807) is 16.7 Å². The number of aliphatic hydroxyl groups is 3. The number of aromatic nitrogens is 2. The quantitative estimate of drug-likeness (QED) is 0.652. The first kappa shape index (κ1) is 17.7. The fraction of sp³-hybridized carbons (Fsp3) is 0.533. The molecule has 0 bridgehead atoms. The van der Waals surface area contributed by atoms with Crippen molar-refractivity contribution < 1.29 is 20.1 Å². The highest BCUT2D eigenvalue weighted by Gasteiger charge is 2.40. The van der Waals surface area contributed by atoms with Gasteiger partial charge in [-0.2, -0.15) is 0 Å². The van der Waals surface area contributed by atoms with Crippen LogP contribution in [0.3, 0.4) is 0 Å². The van der Waals surface area contributed by atoms with Gasteiger partial charge in [-0.1, -0.05) is 23.2 Å². The Morgan fingerprint density at radius 3 is 2.54 bits per heavy atom. The van der Waals surface area contributed by atoms with Crippen LogP contribution in [0.15, 0.2) is 12.1 Å². The van der Waals surface area contributed by atoms with E-state index >= 15 is 0 Å². The lowest BCUT2D eigenvalue weighted by atomic mass is 10.0. The average molecular weight is 376 g/mol. The normalized spacial score (nSPS) is 27.8. The number of aliphatic hydroxyl groups excluding tert-OH is 3. The van der Waals surface area contributed by atoms with Crippen LogP contribution in [-0.4, -0.2) is 55.8 Å². The molecule has 1 aliphatic heterocycles. The molecule has 2 heterocycles. The first-order valence-electron chi connectivity index (χ1n) is 7.59. The molecule has 0 saturated carbocycles. The predicted molar refractivity (Wildman–Crippen MR) is 91.5 cm³/mol. The van der Waals surface area contributed by atoms with Crippen LogP contribution in [0.5, 0.6) is 0 Å². The maximum absolute atomic E-state index is 10.4. The minimum atomic E-state index is -1.33. The number of halogens is 2. The highest BCUT2D eigenvalue weighted by Crippen LogP contribution is 2.35. The molecule has 24 heavy (non-hydrogen) atoms. The van der Waals surface area contributed by atoms with Gasteiger partial charge in [-0.25, -0.2) is 4.98 Å². The zero-order valence-electron chi connectivity index (χ0n) is 13.1. The molecule has 1 fully saturated rings. The molecular weight excluding hydrogens is 357 g/mol. The molecule has 1 aromatic heterocycles. The van der Waals surface area contributed by atoms with Crippen LogP contribution in [0.25, 0.3) is 11.0 Å². The van der Waals surface area contributed by atoms with Crippen molar-refractivity contribution >= 4 is 40.2 Å². The summed E-state index contributed by atoms with van der Waals surface area (Å²) >= 11 is 12.2. The number of rotatable bonds is 3. The van der Waals surface area contributed by atoms with Gasteiger partial charge in [-0.15, -0.1) is 0 Å². The maximum atomic E-state index is 10.4. The van der Waals surface area contributed by atoms with Crippen molar-refractivity contribution in [2.75, 3.05) is 11.9 Å². The fourth-order valence-electron chi connectivity index (χ4n) is 2.73. The van der Waals surface area contributed by atoms with Gasteiger partial charge in [-0.3, -0.25) is 4.57 Å². The second kappa shape index (κ2) is 6.67. The van der Waals surface area contributed by atoms with Gasteiger partial charge < -0.3 is 25.4 Å². The summed E-state index contributed by atoms with van der Waals surface area (Å²) in [7, 11) is 0. The summed E-state index contributed by atoms with van der Waals surface area (Å²) in [5.74, 6) is 0.450. The van der Waals surface area contributed by atoms with Crippen molar-refractivity contribution in [1.29, 1.82) is 0 Å². The molecule has 4 N–H and O–H groups in total. The third-order valence-electron chi connectivity index (χ3n) is 3.88. The third-order valence-corrected chi connectivity index (χ3v) is 4.60. The van der Waals surface area contributed by atoms with Crippen LogP contribution in [0, 0.1) is 0 Å². The molecular formula is C15H19Cl2N3O4. The number of anilines is 1. The van der Waals surface area contributed by atoms with E-state index in [1.165, 1.54) is 0 Å². The minimum Gasteiger partial charge on any atom is -0.388 e. The molecule has 3 rings (SSSR count). The maximum Gasteiger partial charge on any atom is 0.206 e. The van der Waals surface area contributed by atoms with Crippen molar-refractivity contribution in [2.45, 2.75) is 44.4 Å². The van der Waals surface area contributed by atoms with Gasteiger partial charge >= 0.3 is 0 Å². The van der Waals surface area contributed by atoms with Crippen molar-refractivity contribution in [3.63, 3.8) is 0 Å². The number of nitrogens with zero attached hydrogens (tertiary/aromatic N) is 2. The Labute approximate surface area is 148 Å². The van der Waals surface area contributed by atoms with E-state index in [0.29, 0.717) is 27.0 Å². The zero-order chi connectivity index (χ0) is 17.6. The topological polar surface area (TPSA) is 99.8 Å². The highest BCUT2D eigenvalue weighted by molar-refractivity contribution is 6.42. The van der Waals surface area contributed by atoms with Crippen LogP contribution in [0.2, 0.25) is 10.0 Å². The van der Waals surface area contributed by atoms with E-state index in [0.717, 1.165) is 0 Å². The Bertz CT molecular complexity index is 752. The number of ether oxygens (including phenoxy) is 1. The number of benzene rings is 1. The second-order valence-corrected chi connectivity index (χ2v) is 6.95. The number of hydrogen-bond donors (Lipinski definition) is 4. The van der Waals surface area contributed by atoms with Crippen LogP contribution in [0.1, 0.15) is 20.1 Å². The summed E-state index contributed by atoms with van der Waals surface area (Å²) in [6.45, 7) is 3.78. The zero-order valence-corrected chi connectivity index (χ0v) is 14.7. The molecule has 1 aliphatic rings. The van der Waals surface area contributed by atoms with E-state index in [9.17, 15) is 15.3 Å². The summed E-state index contributed by atoms with van der Waals surface area (Å²) in [4.78, 5) is 4.48. The smallest absolute Gasteiger partial charge is 0.206 e. The van der Waals surface area contributed by atoms with E-state index in [2.05, 4.69) is 10.3 Å². The molecule has 0 aliphatic carbocycles. The Morgan fingerprint density at radius 2 is 1.88 bits per heavy atom. The van der Waals surface area contributed by atoms with Gasteiger partial charge in [0.2, 0.25) is 5.95 Å². The number of imidazole rings is 1. The average Bonchev–Trinajstić information content (AvgIpc) is 2.82. The first-order valence-corrected chi connectivity index (χ1v) is 8.34. The Morgan fingerprint density at radius 1 is 1.21 bits per heavy atom. The Balaban J connectivity index is 2.15. The van der Waals surface area contributed by atoms with Crippen molar-refractivity contribution in [2.24, 2.45) is 0 Å². The summed E-state index contributed by atoms with van der Waals surface area (Å²) in [5, 5.41) is 33.9. The number of fused-ring (bicyclic) bond motifs is 1. The summed E-state index contributed by atoms with van der Waals surface area (Å²) in [6.07, 6.45) is -4.72. The minimum absolute atomic E-state index is 0.0720. The van der Waals surface area contributed by atoms with Gasteiger partial charge in [0.1, 0.15) is 18.3 Å². The molecule has 7 nitrogen and oxygen atoms in total. The molecule has 1 saturated heterocycles. The second-order valence-electron chi connectivity index (χ2n) is 6.13. The lowest BCUT2D eigenvalue weighted by Gasteiger charge is -2.36. The molecule has 4 atom stereocenters. The fourth-order valence-corrected chi connectivity index (χ4v) is 3.04. The first-order chi connectivity index (χ1) is 11.3. The highest BCUT2D eigenvalue weighted by atomic mass is 35.5. The van der Waals surface area contributed by atoms with E-state index in [4.69, 9.17) is 27.9 Å². The predicted octanol–water partition coefficient (Wildman–Crippen LogP) is 1.77. The molecule has 0 amide bonds. The number of nitrogens with one attached hydrogen (secondary N) is 1. The Hall–Kier alpha value is -1.09. The lowest BCUT2D eigenvalue weighted by molar-refractivity contribution is -0.209.